The highest BCUT2D eigenvalue weighted by molar-refractivity contribution is 5.78. The van der Waals surface area contributed by atoms with E-state index in [0.717, 1.165) is 17.0 Å². The quantitative estimate of drug-likeness (QED) is 0.915. The Bertz CT molecular complexity index is 567. The molecule has 0 atom stereocenters. The molecule has 1 aromatic carbocycles. The zero-order valence-corrected chi connectivity index (χ0v) is 10.7. The highest BCUT2D eigenvalue weighted by Gasteiger charge is 2.04. The molecule has 0 saturated heterocycles. The standard InChI is InChI=1S/C15H15FN2O/c1-11-3-2-4-14(18-11)10-17-15(19)9-12-5-7-13(16)8-6-12/h2-8H,9-10H2,1H3,(H,17,19). The zero-order valence-electron chi connectivity index (χ0n) is 10.7. The predicted octanol–water partition coefficient (Wildman–Crippen LogP) is 2.39. The largest absolute Gasteiger partial charge is 0.350 e. The monoisotopic (exact) mass is 258 g/mol. The summed E-state index contributed by atoms with van der Waals surface area (Å²) in [5.74, 6) is -0.400. The topological polar surface area (TPSA) is 42.0 Å². The maximum Gasteiger partial charge on any atom is 0.224 e. The first-order valence-electron chi connectivity index (χ1n) is 6.07. The van der Waals surface area contributed by atoms with Crippen molar-refractivity contribution in [1.29, 1.82) is 0 Å². The van der Waals surface area contributed by atoms with Gasteiger partial charge in [0.1, 0.15) is 5.82 Å². The van der Waals surface area contributed by atoms with Crippen LogP contribution in [-0.4, -0.2) is 10.9 Å². The van der Waals surface area contributed by atoms with Gasteiger partial charge in [0.15, 0.2) is 0 Å². The van der Waals surface area contributed by atoms with Crippen molar-refractivity contribution < 1.29 is 9.18 Å². The number of halogens is 1. The number of aryl methyl sites for hydroxylation is 1. The molecule has 0 fully saturated rings. The average Bonchev–Trinajstić information content (AvgIpc) is 2.39. The number of carbonyl (C=O) groups is 1. The van der Waals surface area contributed by atoms with Crippen molar-refractivity contribution in [3.8, 4) is 0 Å². The summed E-state index contributed by atoms with van der Waals surface area (Å²) in [6.45, 7) is 2.31. The van der Waals surface area contributed by atoms with E-state index < -0.39 is 0 Å². The van der Waals surface area contributed by atoms with Crippen LogP contribution in [0.2, 0.25) is 0 Å². The summed E-state index contributed by atoms with van der Waals surface area (Å²) in [7, 11) is 0. The molecule has 1 aromatic heterocycles. The second-order valence-electron chi connectivity index (χ2n) is 4.35. The van der Waals surface area contributed by atoms with Crippen LogP contribution in [0.15, 0.2) is 42.5 Å². The van der Waals surface area contributed by atoms with E-state index in [1.165, 1.54) is 12.1 Å². The van der Waals surface area contributed by atoms with E-state index in [1.807, 2.05) is 25.1 Å². The molecule has 19 heavy (non-hydrogen) atoms. The van der Waals surface area contributed by atoms with Gasteiger partial charge in [0.2, 0.25) is 5.91 Å². The zero-order chi connectivity index (χ0) is 13.7. The van der Waals surface area contributed by atoms with Gasteiger partial charge in [-0.1, -0.05) is 18.2 Å². The van der Waals surface area contributed by atoms with Crippen molar-refractivity contribution in [2.75, 3.05) is 0 Å². The number of hydrogen-bond acceptors (Lipinski definition) is 2. The summed E-state index contributed by atoms with van der Waals surface area (Å²) in [5.41, 5.74) is 2.54. The number of pyridine rings is 1. The molecule has 1 amide bonds. The van der Waals surface area contributed by atoms with Crippen LogP contribution in [0.4, 0.5) is 4.39 Å². The molecule has 2 aromatic rings. The number of carbonyl (C=O) groups excluding carboxylic acids is 1. The summed E-state index contributed by atoms with van der Waals surface area (Å²) >= 11 is 0. The molecule has 1 heterocycles. The second kappa shape index (κ2) is 6.09. The van der Waals surface area contributed by atoms with Gasteiger partial charge < -0.3 is 5.32 Å². The normalized spacial score (nSPS) is 10.2. The van der Waals surface area contributed by atoms with Crippen molar-refractivity contribution in [1.82, 2.24) is 10.3 Å². The maximum absolute atomic E-state index is 12.7. The minimum Gasteiger partial charge on any atom is -0.350 e. The van der Waals surface area contributed by atoms with E-state index in [-0.39, 0.29) is 18.1 Å². The van der Waals surface area contributed by atoms with Gasteiger partial charge >= 0.3 is 0 Å². The van der Waals surface area contributed by atoms with Crippen LogP contribution in [0.5, 0.6) is 0 Å². The van der Waals surface area contributed by atoms with Gasteiger partial charge in [0, 0.05) is 5.69 Å². The van der Waals surface area contributed by atoms with Crippen molar-refractivity contribution in [3.05, 3.63) is 65.2 Å². The average molecular weight is 258 g/mol. The molecule has 3 nitrogen and oxygen atoms in total. The molecule has 0 saturated carbocycles. The fourth-order valence-corrected chi connectivity index (χ4v) is 1.74. The Labute approximate surface area is 111 Å². The molecule has 98 valence electrons. The summed E-state index contributed by atoms with van der Waals surface area (Å²) in [6.07, 6.45) is 0.242. The van der Waals surface area contributed by atoms with Gasteiger partial charge in [-0.05, 0) is 36.8 Å². The van der Waals surface area contributed by atoms with Crippen LogP contribution < -0.4 is 5.32 Å². The highest BCUT2D eigenvalue weighted by atomic mass is 19.1. The molecule has 0 unspecified atom stereocenters. The molecular formula is C15H15FN2O. The molecule has 0 spiro atoms. The van der Waals surface area contributed by atoms with Crippen LogP contribution in [0, 0.1) is 12.7 Å². The first-order valence-corrected chi connectivity index (χ1v) is 6.07. The Morgan fingerprint density at radius 3 is 2.63 bits per heavy atom. The van der Waals surface area contributed by atoms with Crippen molar-refractivity contribution >= 4 is 5.91 Å². The van der Waals surface area contributed by atoms with E-state index >= 15 is 0 Å². The Kier molecular flexibility index (Phi) is 4.23. The Hall–Kier alpha value is -2.23. The van der Waals surface area contributed by atoms with E-state index in [4.69, 9.17) is 0 Å². The lowest BCUT2D eigenvalue weighted by atomic mass is 10.1. The van der Waals surface area contributed by atoms with Gasteiger partial charge in [0.05, 0.1) is 18.7 Å². The molecule has 0 aliphatic heterocycles. The van der Waals surface area contributed by atoms with E-state index in [9.17, 15) is 9.18 Å². The van der Waals surface area contributed by atoms with Crippen molar-refractivity contribution in [2.45, 2.75) is 19.9 Å². The lowest BCUT2D eigenvalue weighted by Gasteiger charge is -2.05. The summed E-state index contributed by atoms with van der Waals surface area (Å²) < 4.78 is 12.7. The van der Waals surface area contributed by atoms with Crippen LogP contribution in [0.3, 0.4) is 0 Å². The number of aromatic nitrogens is 1. The second-order valence-corrected chi connectivity index (χ2v) is 4.35. The molecule has 0 aliphatic carbocycles. The summed E-state index contributed by atoms with van der Waals surface area (Å²) in [5, 5.41) is 2.79. The van der Waals surface area contributed by atoms with Gasteiger partial charge in [-0.3, -0.25) is 9.78 Å². The molecule has 0 radical (unpaired) electrons. The van der Waals surface area contributed by atoms with Crippen LogP contribution >= 0.6 is 0 Å². The Morgan fingerprint density at radius 1 is 1.21 bits per heavy atom. The first-order chi connectivity index (χ1) is 9.13. The fraction of sp³-hybridized carbons (Fsp3) is 0.200. The first kappa shape index (κ1) is 13.2. The van der Waals surface area contributed by atoms with E-state index in [2.05, 4.69) is 10.3 Å². The lowest BCUT2D eigenvalue weighted by molar-refractivity contribution is -0.120. The third-order valence-electron chi connectivity index (χ3n) is 2.69. The van der Waals surface area contributed by atoms with Gasteiger partial charge in [-0.15, -0.1) is 0 Å². The maximum atomic E-state index is 12.7. The van der Waals surface area contributed by atoms with E-state index in [1.54, 1.807) is 12.1 Å². The highest BCUT2D eigenvalue weighted by Crippen LogP contribution is 2.04. The molecule has 0 bridgehead atoms. The summed E-state index contributed by atoms with van der Waals surface area (Å²) in [6, 6.07) is 11.6. The third-order valence-corrected chi connectivity index (χ3v) is 2.69. The number of rotatable bonds is 4. The third kappa shape index (κ3) is 4.17. The van der Waals surface area contributed by atoms with Crippen molar-refractivity contribution in [3.63, 3.8) is 0 Å². The van der Waals surface area contributed by atoms with Crippen molar-refractivity contribution in [2.24, 2.45) is 0 Å². The number of nitrogens with one attached hydrogen (secondary N) is 1. The summed E-state index contributed by atoms with van der Waals surface area (Å²) in [4.78, 5) is 16.0. The predicted molar refractivity (Wildman–Crippen MR) is 70.9 cm³/mol. The van der Waals surface area contributed by atoms with Gasteiger partial charge in [0.25, 0.3) is 0 Å². The van der Waals surface area contributed by atoms with E-state index in [0.29, 0.717) is 6.54 Å². The SMILES string of the molecule is Cc1cccc(CNC(=O)Cc2ccc(F)cc2)n1. The molecule has 0 aliphatic rings. The minimum absolute atomic E-state index is 0.102. The minimum atomic E-state index is -0.298. The number of nitrogens with zero attached hydrogens (tertiary/aromatic N) is 1. The Morgan fingerprint density at radius 2 is 1.95 bits per heavy atom. The molecular weight excluding hydrogens is 243 g/mol. The number of benzene rings is 1. The smallest absolute Gasteiger partial charge is 0.224 e. The fourth-order valence-electron chi connectivity index (χ4n) is 1.74. The number of hydrogen-bond donors (Lipinski definition) is 1. The van der Waals surface area contributed by atoms with Crippen LogP contribution in [0.1, 0.15) is 17.0 Å². The molecule has 2 rings (SSSR count). The van der Waals surface area contributed by atoms with Gasteiger partial charge in [-0.2, -0.15) is 0 Å². The molecule has 1 N–H and O–H groups in total. The van der Waals surface area contributed by atoms with Gasteiger partial charge in [-0.25, -0.2) is 4.39 Å². The lowest BCUT2D eigenvalue weighted by Crippen LogP contribution is -2.25. The Balaban J connectivity index is 1.86. The van der Waals surface area contributed by atoms with Crippen LogP contribution in [-0.2, 0) is 17.8 Å². The van der Waals surface area contributed by atoms with Crippen LogP contribution in [0.25, 0.3) is 0 Å². The molecule has 4 heteroatoms. The number of amides is 1.